The predicted molar refractivity (Wildman–Crippen MR) is 54.2 cm³/mol. The smallest absolute Gasteiger partial charge is 0.0299 e. The van der Waals surface area contributed by atoms with E-state index in [1.165, 1.54) is 5.56 Å². The molecule has 0 fully saturated rings. The molecular formula is C13H9. The Morgan fingerprint density at radius 3 is 1.77 bits per heavy atom. The minimum Gasteiger partial charge on any atom is -0.0622 e. The molecule has 2 rings (SSSR count). The van der Waals surface area contributed by atoms with Crippen molar-refractivity contribution in [2.75, 3.05) is 0 Å². The quantitative estimate of drug-likeness (QED) is 0.608. The van der Waals surface area contributed by atoms with Gasteiger partial charge in [-0.25, -0.2) is 0 Å². The number of hydrogen-bond donors (Lipinski definition) is 0. The molecule has 0 unspecified atom stereocenters. The fourth-order valence-corrected chi connectivity index (χ4v) is 1.29. The summed E-state index contributed by atoms with van der Waals surface area (Å²) in [4.78, 5) is 0. The van der Waals surface area contributed by atoms with E-state index in [0.29, 0.717) is 5.56 Å². The fraction of sp³-hybridized carbons (Fsp3) is 0. The Bertz CT molecular complexity index is 371. The summed E-state index contributed by atoms with van der Waals surface area (Å²) in [6, 6.07) is 17.7. The third-order valence-corrected chi connectivity index (χ3v) is 1.99. The van der Waals surface area contributed by atoms with Crippen molar-refractivity contribution < 1.29 is 0 Å². The molecule has 0 nitrogen and oxygen atoms in total. The largest absolute Gasteiger partial charge is 0.0622 e. The van der Waals surface area contributed by atoms with Crippen molar-refractivity contribution in [3.63, 3.8) is 0 Å². The van der Waals surface area contributed by atoms with Gasteiger partial charge in [-0.3, -0.25) is 0 Å². The zero-order valence-corrected chi connectivity index (χ0v) is 7.20. The van der Waals surface area contributed by atoms with E-state index < -0.39 is 0 Å². The van der Waals surface area contributed by atoms with Crippen LogP contribution in [0.1, 0.15) is 5.56 Å². The van der Waals surface area contributed by atoms with Crippen LogP contribution in [0.4, 0.5) is 0 Å². The van der Waals surface area contributed by atoms with Gasteiger partial charge in [0.25, 0.3) is 0 Å². The summed E-state index contributed by atoms with van der Waals surface area (Å²) in [6.45, 7) is 7.35. The van der Waals surface area contributed by atoms with E-state index in [1.54, 1.807) is 0 Å². The Morgan fingerprint density at radius 2 is 1.15 bits per heavy atom. The van der Waals surface area contributed by atoms with Gasteiger partial charge in [0.1, 0.15) is 0 Å². The number of benzene rings is 2. The molecule has 61 valence electrons. The summed E-state index contributed by atoms with van der Waals surface area (Å²) in [5.74, 6) is 0. The summed E-state index contributed by atoms with van der Waals surface area (Å²) >= 11 is 0. The average molecular weight is 165 g/mol. The lowest BCUT2D eigenvalue weighted by molar-refractivity contribution is 1.58. The van der Waals surface area contributed by atoms with Crippen molar-refractivity contribution in [1.82, 2.24) is 0 Å². The molecule has 0 amide bonds. The van der Waals surface area contributed by atoms with E-state index >= 15 is 0 Å². The van der Waals surface area contributed by atoms with Crippen LogP contribution in [0.25, 0.3) is 11.1 Å². The van der Waals surface area contributed by atoms with Gasteiger partial charge in [0.15, 0.2) is 0 Å². The Morgan fingerprint density at radius 1 is 0.615 bits per heavy atom. The molecule has 0 aromatic heterocycles. The first kappa shape index (κ1) is 8.06. The second-order valence-electron chi connectivity index (χ2n) is 2.94. The van der Waals surface area contributed by atoms with Gasteiger partial charge in [-0.05, 0) is 16.7 Å². The molecule has 0 aliphatic rings. The third-order valence-electron chi connectivity index (χ3n) is 1.99. The Hall–Kier alpha value is -1.56. The van der Waals surface area contributed by atoms with Gasteiger partial charge >= 0.3 is 0 Å². The van der Waals surface area contributed by atoms with Crippen LogP contribution in [0.15, 0.2) is 54.6 Å². The van der Waals surface area contributed by atoms with Crippen molar-refractivity contribution in [1.29, 1.82) is 0 Å². The van der Waals surface area contributed by atoms with Crippen molar-refractivity contribution in [3.05, 3.63) is 67.1 Å². The lowest BCUT2D eigenvalue weighted by Gasteiger charge is -2.00. The highest BCUT2D eigenvalue weighted by atomic mass is 14.0. The molecule has 0 aliphatic carbocycles. The molecule has 0 bridgehead atoms. The highest BCUT2D eigenvalue weighted by Crippen LogP contribution is 2.18. The van der Waals surface area contributed by atoms with Crippen molar-refractivity contribution in [3.8, 4) is 11.1 Å². The molecule has 0 heteroatoms. The molecule has 13 heavy (non-hydrogen) atoms. The minimum atomic E-state index is 0.555. The van der Waals surface area contributed by atoms with Gasteiger partial charge < -0.3 is 0 Å². The van der Waals surface area contributed by atoms with E-state index in [9.17, 15) is 0 Å². The molecule has 3 radical (unpaired) electrons. The molecule has 0 aliphatic heterocycles. The zero-order valence-electron chi connectivity index (χ0n) is 7.20. The monoisotopic (exact) mass is 165 g/mol. The van der Waals surface area contributed by atoms with Gasteiger partial charge in [0, 0.05) is 6.92 Å². The Balaban J connectivity index is 2.42. The van der Waals surface area contributed by atoms with Crippen LogP contribution in [0.2, 0.25) is 0 Å². The lowest BCUT2D eigenvalue weighted by atomic mass is 10.0. The summed E-state index contributed by atoms with van der Waals surface area (Å²) in [5.41, 5.74) is 2.92. The van der Waals surface area contributed by atoms with E-state index in [1.807, 2.05) is 42.5 Å². The van der Waals surface area contributed by atoms with Crippen LogP contribution in [-0.4, -0.2) is 0 Å². The van der Waals surface area contributed by atoms with Crippen LogP contribution in [0, 0.1) is 6.92 Å². The Labute approximate surface area is 78.9 Å². The van der Waals surface area contributed by atoms with Crippen LogP contribution < -0.4 is 0 Å². The molecule has 2 aromatic rings. The minimum absolute atomic E-state index is 0.555. The van der Waals surface area contributed by atoms with Crippen molar-refractivity contribution in [2.24, 2.45) is 0 Å². The van der Waals surface area contributed by atoms with Gasteiger partial charge in [-0.2, -0.15) is 0 Å². The molecule has 0 saturated carbocycles. The maximum Gasteiger partial charge on any atom is 0.0299 e. The first-order valence-electron chi connectivity index (χ1n) is 4.23. The predicted octanol–water partition coefficient (Wildman–Crippen LogP) is 3.29. The summed E-state index contributed by atoms with van der Waals surface area (Å²) < 4.78 is 0. The fourth-order valence-electron chi connectivity index (χ4n) is 1.29. The van der Waals surface area contributed by atoms with Gasteiger partial charge in [0.05, 0.1) is 0 Å². The molecule has 2 aromatic carbocycles. The van der Waals surface area contributed by atoms with Crippen molar-refractivity contribution >= 4 is 0 Å². The molecular weight excluding hydrogens is 156 g/mol. The second-order valence-corrected chi connectivity index (χ2v) is 2.94. The summed E-state index contributed by atoms with van der Waals surface area (Å²) in [7, 11) is 0. The molecule has 0 atom stereocenters. The van der Waals surface area contributed by atoms with Crippen LogP contribution in [-0.2, 0) is 0 Å². The molecule has 0 N–H and O–H groups in total. The van der Waals surface area contributed by atoms with Gasteiger partial charge in [-0.1, -0.05) is 54.6 Å². The first-order valence-corrected chi connectivity index (χ1v) is 4.23. The zero-order chi connectivity index (χ0) is 9.10. The normalized spacial score (nSPS) is 9.92. The standard InChI is InChI=1S/C13H9/c1-11-7-9-13(10-8-11)12-5-3-2-4-6-12/h2-10H. The third kappa shape index (κ3) is 1.78. The topological polar surface area (TPSA) is 0 Å². The lowest BCUT2D eigenvalue weighted by Crippen LogP contribution is -1.76. The van der Waals surface area contributed by atoms with Crippen molar-refractivity contribution in [2.45, 2.75) is 0 Å². The van der Waals surface area contributed by atoms with Gasteiger partial charge in [-0.15, -0.1) is 0 Å². The Kier molecular flexibility index (Phi) is 2.13. The van der Waals surface area contributed by atoms with Crippen LogP contribution in [0.5, 0.6) is 0 Å². The summed E-state index contributed by atoms with van der Waals surface area (Å²) in [6.07, 6.45) is 0. The molecule has 0 spiro atoms. The highest BCUT2D eigenvalue weighted by Gasteiger charge is 1.94. The van der Waals surface area contributed by atoms with E-state index in [2.05, 4.69) is 12.1 Å². The summed E-state index contributed by atoms with van der Waals surface area (Å²) in [5, 5.41) is 0. The SMILES string of the molecule is [C]c1ccc(-c2ccccc2)cc1. The highest BCUT2D eigenvalue weighted by molar-refractivity contribution is 5.63. The van der Waals surface area contributed by atoms with Crippen LogP contribution in [0.3, 0.4) is 0 Å². The second kappa shape index (κ2) is 3.44. The van der Waals surface area contributed by atoms with E-state index in [-0.39, 0.29) is 0 Å². The number of rotatable bonds is 1. The van der Waals surface area contributed by atoms with Gasteiger partial charge in [0.2, 0.25) is 0 Å². The number of hydrogen-bond acceptors (Lipinski definition) is 0. The van der Waals surface area contributed by atoms with Crippen LogP contribution >= 0.6 is 0 Å². The average Bonchev–Trinajstić information content (AvgIpc) is 2.20. The van der Waals surface area contributed by atoms with E-state index in [4.69, 9.17) is 6.92 Å². The molecule has 0 heterocycles. The first-order chi connectivity index (χ1) is 6.36. The maximum absolute atomic E-state index is 7.35. The molecule has 0 saturated heterocycles. The van der Waals surface area contributed by atoms with E-state index in [0.717, 1.165) is 5.56 Å². The maximum atomic E-state index is 7.35.